The van der Waals surface area contributed by atoms with Crippen molar-refractivity contribution >= 4 is 0 Å². The summed E-state index contributed by atoms with van der Waals surface area (Å²) >= 11 is 0. The van der Waals surface area contributed by atoms with Crippen LogP contribution in [0.4, 0.5) is 0 Å². The largest absolute Gasteiger partial charge is 0.330 e. The summed E-state index contributed by atoms with van der Waals surface area (Å²) in [6.45, 7) is 9.69. The molecule has 84 valence electrons. The molecule has 1 aliphatic rings. The van der Waals surface area contributed by atoms with E-state index in [0.29, 0.717) is 5.92 Å². The third-order valence-electron chi connectivity index (χ3n) is 3.60. The summed E-state index contributed by atoms with van der Waals surface area (Å²) in [5.41, 5.74) is 13.7. The van der Waals surface area contributed by atoms with E-state index < -0.39 is 0 Å². The molecule has 1 nitrogen and oxygen atoms in total. The maximum Gasteiger partial charge on any atom is -0.00294 e. The van der Waals surface area contributed by atoms with E-state index in [9.17, 15) is 0 Å². The highest BCUT2D eigenvalue weighted by Gasteiger charge is 2.25. The second-order valence-corrected chi connectivity index (χ2v) is 5.24. The number of hydrogen-bond donors (Lipinski definition) is 1. The summed E-state index contributed by atoms with van der Waals surface area (Å²) in [5, 5.41) is 0. The lowest BCUT2D eigenvalue weighted by Gasteiger charge is -2.28. The molecule has 0 radical (unpaired) electrons. The molecule has 0 unspecified atom stereocenters. The Labute approximate surface area is 93.7 Å². The maximum absolute atomic E-state index is 5.64. The molecule has 2 N–H and O–H groups in total. The zero-order valence-electron chi connectivity index (χ0n) is 10.4. The molecule has 0 saturated heterocycles. The SMILES string of the molecule is CC(C)[C@@](C)(C=C=C=C1C[C@H]1C)CCN. The van der Waals surface area contributed by atoms with Gasteiger partial charge in [-0.25, -0.2) is 0 Å². The van der Waals surface area contributed by atoms with E-state index >= 15 is 0 Å². The Bertz CT molecular complexity index is 314. The van der Waals surface area contributed by atoms with Crippen LogP contribution in [0.1, 0.15) is 40.5 Å². The molecule has 2 atom stereocenters. The fourth-order valence-electron chi connectivity index (χ4n) is 1.58. The predicted molar refractivity (Wildman–Crippen MR) is 65.5 cm³/mol. The summed E-state index contributed by atoms with van der Waals surface area (Å²) in [7, 11) is 0. The molecule has 0 aromatic carbocycles. The van der Waals surface area contributed by atoms with Gasteiger partial charge >= 0.3 is 0 Å². The third-order valence-corrected chi connectivity index (χ3v) is 3.60. The van der Waals surface area contributed by atoms with Gasteiger partial charge in [0.25, 0.3) is 0 Å². The van der Waals surface area contributed by atoms with Crippen molar-refractivity contribution in [3.63, 3.8) is 0 Å². The summed E-state index contributed by atoms with van der Waals surface area (Å²) < 4.78 is 0. The molecular weight excluding hydrogens is 182 g/mol. The monoisotopic (exact) mass is 205 g/mol. The first-order chi connectivity index (χ1) is 6.99. The number of allylic oxidation sites excluding steroid dienone is 2. The molecule has 1 saturated carbocycles. The van der Waals surface area contributed by atoms with Gasteiger partial charge in [0.15, 0.2) is 0 Å². The highest BCUT2D eigenvalue weighted by atomic mass is 14.5. The van der Waals surface area contributed by atoms with Gasteiger partial charge in [-0.05, 0) is 48.3 Å². The Kier molecular flexibility index (Phi) is 3.99. The zero-order valence-corrected chi connectivity index (χ0v) is 10.4. The molecule has 1 fully saturated rings. The fraction of sp³-hybridized carbons (Fsp3) is 0.714. The molecule has 1 aliphatic carbocycles. The van der Waals surface area contributed by atoms with Gasteiger partial charge in [-0.1, -0.05) is 39.2 Å². The van der Waals surface area contributed by atoms with Crippen molar-refractivity contribution in [2.24, 2.45) is 23.0 Å². The highest BCUT2D eigenvalue weighted by Crippen LogP contribution is 2.35. The van der Waals surface area contributed by atoms with Crippen LogP contribution in [-0.2, 0) is 0 Å². The van der Waals surface area contributed by atoms with Crippen molar-refractivity contribution in [3.05, 3.63) is 23.1 Å². The van der Waals surface area contributed by atoms with Gasteiger partial charge in [-0.3, -0.25) is 0 Å². The smallest absolute Gasteiger partial charge is 0.00294 e. The lowest BCUT2D eigenvalue weighted by Crippen LogP contribution is -2.24. The van der Waals surface area contributed by atoms with Crippen molar-refractivity contribution in [3.8, 4) is 0 Å². The van der Waals surface area contributed by atoms with Crippen LogP contribution < -0.4 is 5.73 Å². The van der Waals surface area contributed by atoms with Gasteiger partial charge in [0, 0.05) is 0 Å². The highest BCUT2D eigenvalue weighted by molar-refractivity contribution is 5.21. The van der Waals surface area contributed by atoms with Crippen molar-refractivity contribution in [1.29, 1.82) is 0 Å². The topological polar surface area (TPSA) is 26.0 Å². The molecule has 0 amide bonds. The lowest BCUT2D eigenvalue weighted by atomic mass is 9.76. The van der Waals surface area contributed by atoms with E-state index in [1.807, 2.05) is 0 Å². The van der Waals surface area contributed by atoms with Crippen LogP contribution in [0.25, 0.3) is 0 Å². The first-order valence-electron chi connectivity index (χ1n) is 5.91. The normalized spacial score (nSPS) is 23.1. The van der Waals surface area contributed by atoms with Crippen molar-refractivity contribution in [2.45, 2.75) is 40.5 Å². The summed E-state index contributed by atoms with van der Waals surface area (Å²) in [4.78, 5) is 0. The van der Waals surface area contributed by atoms with Gasteiger partial charge < -0.3 is 5.73 Å². The van der Waals surface area contributed by atoms with Gasteiger partial charge in [0.05, 0.1) is 0 Å². The Balaban J connectivity index is 2.79. The molecule has 0 spiro atoms. The van der Waals surface area contributed by atoms with Gasteiger partial charge in [-0.2, -0.15) is 0 Å². The molecule has 0 bridgehead atoms. The maximum atomic E-state index is 5.64. The average molecular weight is 205 g/mol. The summed E-state index contributed by atoms with van der Waals surface area (Å²) in [5.74, 6) is 1.34. The molecule has 0 aliphatic heterocycles. The van der Waals surface area contributed by atoms with Crippen LogP contribution in [0.15, 0.2) is 23.1 Å². The van der Waals surface area contributed by atoms with Gasteiger partial charge in [0.1, 0.15) is 0 Å². The minimum Gasteiger partial charge on any atom is -0.330 e. The number of nitrogens with two attached hydrogens (primary N) is 1. The van der Waals surface area contributed by atoms with E-state index in [1.165, 1.54) is 12.0 Å². The number of rotatable bonds is 4. The zero-order chi connectivity index (χ0) is 11.5. The molecule has 0 heterocycles. The van der Waals surface area contributed by atoms with E-state index in [4.69, 9.17) is 5.73 Å². The van der Waals surface area contributed by atoms with Gasteiger partial charge in [-0.15, -0.1) is 0 Å². The molecule has 1 rings (SSSR count). The van der Waals surface area contributed by atoms with Crippen LogP contribution in [0.5, 0.6) is 0 Å². The Morgan fingerprint density at radius 2 is 2.20 bits per heavy atom. The third kappa shape index (κ3) is 3.39. The van der Waals surface area contributed by atoms with Gasteiger partial charge in [0.2, 0.25) is 0 Å². The van der Waals surface area contributed by atoms with Crippen LogP contribution >= 0.6 is 0 Å². The standard InChI is InChI=1S/C14H23N/c1-11(2)14(4,8-9-15)7-5-6-13-10-12(13)3/h7,11-12H,8-10,15H2,1-4H3/t12-,14+/m1/s1. The molecule has 1 heteroatoms. The van der Waals surface area contributed by atoms with Crippen molar-refractivity contribution in [2.75, 3.05) is 6.54 Å². The Hall–Kier alpha value is -0.740. The average Bonchev–Trinajstić information content (AvgIpc) is 2.82. The van der Waals surface area contributed by atoms with E-state index in [1.54, 1.807) is 0 Å². The number of hydrogen-bond acceptors (Lipinski definition) is 1. The molecule has 0 aromatic heterocycles. The van der Waals surface area contributed by atoms with Crippen molar-refractivity contribution in [1.82, 2.24) is 0 Å². The first kappa shape index (κ1) is 12.3. The Morgan fingerprint density at radius 1 is 1.60 bits per heavy atom. The summed E-state index contributed by atoms with van der Waals surface area (Å²) in [6, 6.07) is 0. The Morgan fingerprint density at radius 3 is 2.60 bits per heavy atom. The molecule has 0 aromatic rings. The molecular formula is C14H23N. The quantitative estimate of drug-likeness (QED) is 0.700. The van der Waals surface area contributed by atoms with E-state index in [0.717, 1.165) is 18.9 Å². The summed E-state index contributed by atoms with van der Waals surface area (Å²) in [6.07, 6.45) is 4.38. The van der Waals surface area contributed by atoms with Crippen LogP contribution in [0, 0.1) is 17.3 Å². The minimum absolute atomic E-state index is 0.167. The lowest BCUT2D eigenvalue weighted by molar-refractivity contribution is 0.280. The molecule has 15 heavy (non-hydrogen) atoms. The van der Waals surface area contributed by atoms with Crippen LogP contribution in [-0.4, -0.2) is 6.54 Å². The van der Waals surface area contributed by atoms with E-state index in [-0.39, 0.29) is 5.41 Å². The minimum atomic E-state index is 0.167. The predicted octanol–water partition coefficient (Wildman–Crippen LogP) is 3.27. The second kappa shape index (κ2) is 4.86. The van der Waals surface area contributed by atoms with Crippen molar-refractivity contribution < 1.29 is 0 Å². The van der Waals surface area contributed by atoms with Crippen LogP contribution in [0.2, 0.25) is 0 Å². The second-order valence-electron chi connectivity index (χ2n) is 5.24. The van der Waals surface area contributed by atoms with E-state index in [2.05, 4.69) is 45.2 Å². The fourth-order valence-corrected chi connectivity index (χ4v) is 1.58. The first-order valence-corrected chi connectivity index (χ1v) is 5.91. The van der Waals surface area contributed by atoms with Crippen LogP contribution in [0.3, 0.4) is 0 Å².